The van der Waals surface area contributed by atoms with Gasteiger partial charge in [-0.3, -0.25) is 0 Å². The summed E-state index contributed by atoms with van der Waals surface area (Å²) in [6.07, 6.45) is 2.52. The molecular weight excluding hydrogens is 331 g/mol. The molecule has 0 atom stereocenters. The molecule has 7 heteroatoms. The predicted octanol–water partition coefficient (Wildman–Crippen LogP) is 5.31. The molecule has 21 heavy (non-hydrogen) atoms. The van der Waals surface area contributed by atoms with E-state index in [1.54, 1.807) is 18.3 Å². The maximum atomic E-state index is 6.20. The monoisotopic (exact) mass is 344 g/mol. The average molecular weight is 346 g/mol. The van der Waals surface area contributed by atoms with Crippen molar-refractivity contribution in [3.63, 3.8) is 0 Å². The Bertz CT molecular complexity index is 646. The number of aryl methyl sites for hydroxylation is 1. The minimum atomic E-state index is 0.407. The van der Waals surface area contributed by atoms with Crippen LogP contribution in [0.25, 0.3) is 0 Å². The van der Waals surface area contributed by atoms with E-state index in [2.05, 4.69) is 27.5 Å². The van der Waals surface area contributed by atoms with Gasteiger partial charge >= 0.3 is 0 Å². The van der Waals surface area contributed by atoms with Crippen LogP contribution in [0.15, 0.2) is 18.3 Å². The molecule has 4 nitrogen and oxygen atoms in total. The SMILES string of the molecule is CCCNc1ncc(Cl)c(Nc2cc(Cl)c(C)cc2Cl)n1. The zero-order valence-corrected chi connectivity index (χ0v) is 13.9. The summed E-state index contributed by atoms with van der Waals surface area (Å²) in [4.78, 5) is 8.45. The van der Waals surface area contributed by atoms with Crippen LogP contribution in [0.2, 0.25) is 15.1 Å². The summed E-state index contributed by atoms with van der Waals surface area (Å²) in [5.41, 5.74) is 1.56. The largest absolute Gasteiger partial charge is 0.354 e. The van der Waals surface area contributed by atoms with Gasteiger partial charge in [-0.05, 0) is 31.0 Å². The van der Waals surface area contributed by atoms with Gasteiger partial charge in [0, 0.05) is 11.6 Å². The van der Waals surface area contributed by atoms with Crippen molar-refractivity contribution in [2.75, 3.05) is 17.2 Å². The van der Waals surface area contributed by atoms with Crippen molar-refractivity contribution < 1.29 is 0 Å². The fourth-order valence-electron chi connectivity index (χ4n) is 1.65. The summed E-state index contributed by atoms with van der Waals surface area (Å²) in [6.45, 7) is 4.75. The molecule has 112 valence electrons. The fourth-order valence-corrected chi connectivity index (χ4v) is 2.21. The number of nitrogens with one attached hydrogen (secondary N) is 2. The van der Waals surface area contributed by atoms with Crippen LogP contribution >= 0.6 is 34.8 Å². The molecule has 0 aliphatic carbocycles. The highest BCUT2D eigenvalue weighted by Crippen LogP contribution is 2.32. The molecule has 0 unspecified atom stereocenters. The first-order valence-electron chi connectivity index (χ1n) is 6.50. The number of halogens is 3. The van der Waals surface area contributed by atoms with Gasteiger partial charge in [0.15, 0.2) is 5.82 Å². The van der Waals surface area contributed by atoms with E-state index >= 15 is 0 Å². The summed E-state index contributed by atoms with van der Waals surface area (Å²) in [6, 6.07) is 3.54. The molecular formula is C14H15Cl3N4. The Hall–Kier alpha value is -1.23. The Balaban J connectivity index is 2.28. The summed E-state index contributed by atoms with van der Waals surface area (Å²) >= 11 is 18.4. The van der Waals surface area contributed by atoms with Crippen molar-refractivity contribution >= 4 is 52.3 Å². The average Bonchev–Trinajstić information content (AvgIpc) is 2.45. The van der Waals surface area contributed by atoms with Gasteiger partial charge in [0.1, 0.15) is 5.02 Å². The molecule has 0 aliphatic rings. The van der Waals surface area contributed by atoms with E-state index in [0.29, 0.717) is 32.5 Å². The van der Waals surface area contributed by atoms with E-state index in [1.807, 2.05) is 6.92 Å². The molecule has 2 N–H and O–H groups in total. The molecule has 0 saturated heterocycles. The number of anilines is 3. The van der Waals surface area contributed by atoms with Crippen LogP contribution in [0.4, 0.5) is 17.5 Å². The maximum Gasteiger partial charge on any atom is 0.224 e. The zero-order valence-electron chi connectivity index (χ0n) is 11.7. The van der Waals surface area contributed by atoms with Crippen molar-refractivity contribution in [1.82, 2.24) is 9.97 Å². The third kappa shape index (κ3) is 4.13. The van der Waals surface area contributed by atoms with Crippen molar-refractivity contribution in [2.24, 2.45) is 0 Å². The second-order valence-corrected chi connectivity index (χ2v) is 5.74. The lowest BCUT2D eigenvalue weighted by Crippen LogP contribution is -2.06. The van der Waals surface area contributed by atoms with Crippen LogP contribution in [0.1, 0.15) is 18.9 Å². The summed E-state index contributed by atoms with van der Waals surface area (Å²) in [7, 11) is 0. The highest BCUT2D eigenvalue weighted by atomic mass is 35.5. The molecule has 0 aliphatic heterocycles. The van der Waals surface area contributed by atoms with Gasteiger partial charge in [0.05, 0.1) is 16.9 Å². The van der Waals surface area contributed by atoms with Gasteiger partial charge in [-0.25, -0.2) is 4.98 Å². The molecule has 0 radical (unpaired) electrons. The lowest BCUT2D eigenvalue weighted by Gasteiger charge is -2.12. The van der Waals surface area contributed by atoms with Crippen molar-refractivity contribution in [3.05, 3.63) is 39.0 Å². The first-order chi connectivity index (χ1) is 10.0. The van der Waals surface area contributed by atoms with Crippen molar-refractivity contribution in [1.29, 1.82) is 0 Å². The first kappa shape index (κ1) is 16.1. The van der Waals surface area contributed by atoms with E-state index < -0.39 is 0 Å². The molecule has 0 bridgehead atoms. The molecule has 0 spiro atoms. The Kier molecular flexibility index (Phi) is 5.51. The second kappa shape index (κ2) is 7.16. The zero-order chi connectivity index (χ0) is 15.4. The molecule has 0 fully saturated rings. The number of hydrogen-bond donors (Lipinski definition) is 2. The smallest absolute Gasteiger partial charge is 0.224 e. The standard InChI is InChI=1S/C14H15Cl3N4/c1-3-4-18-14-19-7-11(17)13(21-14)20-12-6-9(15)8(2)5-10(12)16/h5-7H,3-4H2,1-2H3,(H2,18,19,20,21). The van der Waals surface area contributed by atoms with Crippen molar-refractivity contribution in [3.8, 4) is 0 Å². The Morgan fingerprint density at radius 2 is 1.86 bits per heavy atom. The summed E-state index contributed by atoms with van der Waals surface area (Å²) < 4.78 is 0. The minimum absolute atomic E-state index is 0.407. The molecule has 1 heterocycles. The lowest BCUT2D eigenvalue weighted by molar-refractivity contribution is 0.953. The molecule has 0 saturated carbocycles. The number of nitrogens with zero attached hydrogens (tertiary/aromatic N) is 2. The Morgan fingerprint density at radius 1 is 1.10 bits per heavy atom. The highest BCUT2D eigenvalue weighted by molar-refractivity contribution is 6.36. The Labute approximate surface area is 138 Å². The third-order valence-electron chi connectivity index (χ3n) is 2.78. The third-order valence-corrected chi connectivity index (χ3v) is 3.78. The molecule has 0 amide bonds. The van der Waals surface area contributed by atoms with Gasteiger partial charge in [0.2, 0.25) is 5.95 Å². The van der Waals surface area contributed by atoms with E-state index in [0.717, 1.165) is 18.5 Å². The maximum absolute atomic E-state index is 6.20. The molecule has 2 rings (SSSR count). The van der Waals surface area contributed by atoms with Crippen LogP contribution in [0.5, 0.6) is 0 Å². The summed E-state index contributed by atoms with van der Waals surface area (Å²) in [5.74, 6) is 0.991. The van der Waals surface area contributed by atoms with Crippen LogP contribution < -0.4 is 10.6 Å². The quantitative estimate of drug-likeness (QED) is 0.771. The number of rotatable bonds is 5. The molecule has 1 aromatic carbocycles. The highest BCUT2D eigenvalue weighted by Gasteiger charge is 2.10. The predicted molar refractivity (Wildman–Crippen MR) is 90.3 cm³/mol. The van der Waals surface area contributed by atoms with Gasteiger partial charge in [0.25, 0.3) is 0 Å². The van der Waals surface area contributed by atoms with Gasteiger partial charge in [-0.1, -0.05) is 41.7 Å². The topological polar surface area (TPSA) is 49.8 Å². The first-order valence-corrected chi connectivity index (χ1v) is 7.63. The minimum Gasteiger partial charge on any atom is -0.354 e. The van der Waals surface area contributed by atoms with E-state index in [1.165, 1.54) is 0 Å². The van der Waals surface area contributed by atoms with Crippen molar-refractivity contribution in [2.45, 2.75) is 20.3 Å². The Morgan fingerprint density at radius 3 is 2.57 bits per heavy atom. The van der Waals surface area contributed by atoms with E-state index in [-0.39, 0.29) is 0 Å². The van der Waals surface area contributed by atoms with Gasteiger partial charge in [-0.15, -0.1) is 0 Å². The normalized spacial score (nSPS) is 10.5. The lowest BCUT2D eigenvalue weighted by atomic mass is 10.2. The second-order valence-electron chi connectivity index (χ2n) is 4.52. The van der Waals surface area contributed by atoms with Crippen LogP contribution in [-0.2, 0) is 0 Å². The summed E-state index contributed by atoms with van der Waals surface area (Å²) in [5, 5.41) is 7.77. The van der Waals surface area contributed by atoms with E-state index in [9.17, 15) is 0 Å². The number of hydrogen-bond acceptors (Lipinski definition) is 4. The fraction of sp³-hybridized carbons (Fsp3) is 0.286. The molecule has 2 aromatic rings. The van der Waals surface area contributed by atoms with Crippen LogP contribution in [0, 0.1) is 6.92 Å². The molecule has 1 aromatic heterocycles. The number of benzene rings is 1. The van der Waals surface area contributed by atoms with Gasteiger partial charge in [-0.2, -0.15) is 4.98 Å². The van der Waals surface area contributed by atoms with E-state index in [4.69, 9.17) is 34.8 Å². The van der Waals surface area contributed by atoms with Crippen LogP contribution in [-0.4, -0.2) is 16.5 Å². The number of aromatic nitrogens is 2. The van der Waals surface area contributed by atoms with Crippen LogP contribution in [0.3, 0.4) is 0 Å². The van der Waals surface area contributed by atoms with Gasteiger partial charge < -0.3 is 10.6 Å².